The molecule has 0 spiro atoms. The number of thiophene rings is 2. The molecule has 9 rings (SSSR count). The van der Waals surface area contributed by atoms with E-state index in [2.05, 4.69) is 132 Å². The summed E-state index contributed by atoms with van der Waals surface area (Å²) in [7, 11) is 0. The molecule has 0 saturated carbocycles. The lowest BCUT2D eigenvalue weighted by Gasteiger charge is -2.32. The Morgan fingerprint density at radius 1 is 0.450 bits per heavy atom. The van der Waals surface area contributed by atoms with Gasteiger partial charge in [0.1, 0.15) is 0 Å². The molecule has 0 unspecified atom stereocenters. The van der Waals surface area contributed by atoms with Gasteiger partial charge in [0.2, 0.25) is 0 Å². The molecular formula is C36H21NS3. The Hall–Kier alpha value is -4.09. The van der Waals surface area contributed by atoms with E-state index in [1.54, 1.807) is 0 Å². The molecule has 0 N–H and O–H groups in total. The molecule has 1 aliphatic rings. The molecule has 0 bridgehead atoms. The minimum Gasteiger partial charge on any atom is -0.308 e. The molecule has 0 saturated heterocycles. The smallest absolute Gasteiger partial charge is 0.0601 e. The van der Waals surface area contributed by atoms with Crippen LogP contribution in [0.3, 0.4) is 0 Å². The second-order valence-electron chi connectivity index (χ2n) is 10.1. The summed E-state index contributed by atoms with van der Waals surface area (Å²) in [5, 5.41) is 5.47. The molecule has 188 valence electrons. The molecule has 1 aliphatic heterocycles. The molecule has 0 atom stereocenters. The van der Waals surface area contributed by atoms with Crippen LogP contribution in [0.15, 0.2) is 137 Å². The quantitative estimate of drug-likeness (QED) is 0.206. The minimum absolute atomic E-state index is 1.18. The monoisotopic (exact) mass is 563 g/mol. The number of hydrogen-bond donors (Lipinski definition) is 0. The van der Waals surface area contributed by atoms with Crippen LogP contribution < -0.4 is 4.90 Å². The molecule has 0 fully saturated rings. The first-order valence-electron chi connectivity index (χ1n) is 13.4. The van der Waals surface area contributed by atoms with Gasteiger partial charge < -0.3 is 4.90 Å². The predicted molar refractivity (Wildman–Crippen MR) is 176 cm³/mol. The van der Waals surface area contributed by atoms with Crippen molar-refractivity contribution in [2.45, 2.75) is 9.79 Å². The SMILES string of the molecule is c1ccc2c(c1)Sc1ccccc1N2c1ccc(-c2cccc3c2sc2c3ccc3sc4ccccc4c32)cc1. The Bertz CT molecular complexity index is 2210. The first-order chi connectivity index (χ1) is 19.8. The fourth-order valence-electron chi connectivity index (χ4n) is 6.06. The Kier molecular flexibility index (Phi) is 4.94. The van der Waals surface area contributed by atoms with Crippen LogP contribution in [0.4, 0.5) is 17.1 Å². The molecule has 0 radical (unpaired) electrons. The Balaban J connectivity index is 1.21. The Morgan fingerprint density at radius 2 is 1.12 bits per heavy atom. The van der Waals surface area contributed by atoms with Crippen LogP contribution in [0.5, 0.6) is 0 Å². The number of rotatable bonds is 2. The maximum Gasteiger partial charge on any atom is 0.0601 e. The molecule has 1 nitrogen and oxygen atoms in total. The maximum absolute atomic E-state index is 2.39. The molecule has 2 aromatic heterocycles. The molecule has 8 aromatic rings. The van der Waals surface area contributed by atoms with Gasteiger partial charge in [0.25, 0.3) is 0 Å². The van der Waals surface area contributed by atoms with E-state index >= 15 is 0 Å². The normalized spacial score (nSPS) is 12.8. The zero-order valence-corrected chi connectivity index (χ0v) is 23.7. The van der Waals surface area contributed by atoms with Gasteiger partial charge in [-0.1, -0.05) is 90.6 Å². The van der Waals surface area contributed by atoms with Gasteiger partial charge in [0.05, 0.1) is 11.4 Å². The highest BCUT2D eigenvalue weighted by Crippen LogP contribution is 2.52. The van der Waals surface area contributed by atoms with Crippen molar-refractivity contribution in [3.8, 4) is 11.1 Å². The molecule has 40 heavy (non-hydrogen) atoms. The Labute approximate surface area is 243 Å². The van der Waals surface area contributed by atoms with Crippen LogP contribution in [-0.2, 0) is 0 Å². The summed E-state index contributed by atoms with van der Waals surface area (Å²) in [6.07, 6.45) is 0. The van der Waals surface area contributed by atoms with Gasteiger partial charge in [-0.2, -0.15) is 0 Å². The van der Waals surface area contributed by atoms with E-state index in [0.717, 1.165) is 0 Å². The predicted octanol–water partition coefficient (Wildman–Crippen LogP) is 12.0. The lowest BCUT2D eigenvalue weighted by molar-refractivity contribution is 1.17. The average molecular weight is 564 g/mol. The highest BCUT2D eigenvalue weighted by molar-refractivity contribution is 7.99. The summed E-state index contributed by atoms with van der Waals surface area (Å²) in [4.78, 5) is 4.96. The summed E-state index contributed by atoms with van der Waals surface area (Å²) in [5.41, 5.74) is 6.20. The summed E-state index contributed by atoms with van der Waals surface area (Å²) in [6.45, 7) is 0. The van der Waals surface area contributed by atoms with Crippen molar-refractivity contribution in [3.05, 3.63) is 127 Å². The third-order valence-corrected chi connectivity index (χ3v) is 11.4. The van der Waals surface area contributed by atoms with E-state index in [-0.39, 0.29) is 0 Å². The number of anilines is 3. The third-order valence-electron chi connectivity index (χ3n) is 7.87. The first kappa shape index (κ1) is 22.7. The number of para-hydroxylation sites is 2. The van der Waals surface area contributed by atoms with E-state index in [1.807, 2.05) is 34.4 Å². The van der Waals surface area contributed by atoms with Crippen molar-refractivity contribution in [2.24, 2.45) is 0 Å². The van der Waals surface area contributed by atoms with E-state index in [0.29, 0.717) is 0 Å². The zero-order valence-electron chi connectivity index (χ0n) is 21.3. The van der Waals surface area contributed by atoms with Crippen molar-refractivity contribution < 1.29 is 0 Å². The van der Waals surface area contributed by atoms with E-state index in [9.17, 15) is 0 Å². The van der Waals surface area contributed by atoms with Gasteiger partial charge in [0.15, 0.2) is 0 Å². The number of fused-ring (bicyclic) bond motifs is 9. The van der Waals surface area contributed by atoms with Crippen LogP contribution in [0.2, 0.25) is 0 Å². The van der Waals surface area contributed by atoms with Crippen molar-refractivity contribution in [3.63, 3.8) is 0 Å². The molecule has 3 heterocycles. The summed E-state index contributed by atoms with van der Waals surface area (Å²) < 4.78 is 5.48. The van der Waals surface area contributed by atoms with Gasteiger partial charge in [0, 0.05) is 55.8 Å². The Morgan fingerprint density at radius 3 is 1.93 bits per heavy atom. The largest absolute Gasteiger partial charge is 0.308 e. The van der Waals surface area contributed by atoms with Crippen molar-refractivity contribution >= 4 is 91.8 Å². The highest BCUT2D eigenvalue weighted by atomic mass is 32.2. The van der Waals surface area contributed by atoms with Gasteiger partial charge >= 0.3 is 0 Å². The minimum atomic E-state index is 1.18. The van der Waals surface area contributed by atoms with Crippen molar-refractivity contribution in [1.82, 2.24) is 0 Å². The summed E-state index contributed by atoms with van der Waals surface area (Å²) in [5.74, 6) is 0. The highest BCUT2D eigenvalue weighted by Gasteiger charge is 2.24. The van der Waals surface area contributed by atoms with Gasteiger partial charge in [-0.25, -0.2) is 0 Å². The molecule has 0 aliphatic carbocycles. The van der Waals surface area contributed by atoms with Gasteiger partial charge in [-0.3, -0.25) is 0 Å². The fourth-order valence-corrected chi connectivity index (χ4v) is 9.70. The second-order valence-corrected chi connectivity index (χ2v) is 13.3. The van der Waals surface area contributed by atoms with Crippen LogP contribution >= 0.6 is 34.4 Å². The molecule has 4 heteroatoms. The fraction of sp³-hybridized carbons (Fsp3) is 0. The van der Waals surface area contributed by atoms with Crippen molar-refractivity contribution in [1.29, 1.82) is 0 Å². The zero-order chi connectivity index (χ0) is 26.2. The average Bonchev–Trinajstić information content (AvgIpc) is 3.58. The maximum atomic E-state index is 2.39. The standard InChI is InChI=1S/C36H21NS3/c1-4-13-30-27(8-1)34-33(38-30)21-20-26-25-10-7-9-24(35(25)40-36(26)34)22-16-18-23(19-17-22)37-28-11-2-5-14-31(28)39-32-15-6-3-12-29(32)37/h1-21H. The van der Waals surface area contributed by atoms with Gasteiger partial charge in [-0.15, -0.1) is 22.7 Å². The van der Waals surface area contributed by atoms with Crippen LogP contribution in [0, 0.1) is 0 Å². The topological polar surface area (TPSA) is 3.24 Å². The van der Waals surface area contributed by atoms with Crippen molar-refractivity contribution in [2.75, 3.05) is 4.90 Å². The number of nitrogens with zero attached hydrogens (tertiary/aromatic N) is 1. The summed E-state index contributed by atoms with van der Waals surface area (Å²) in [6, 6.07) is 46.7. The van der Waals surface area contributed by atoms with E-state index in [4.69, 9.17) is 0 Å². The lowest BCUT2D eigenvalue weighted by Crippen LogP contribution is -2.14. The molecule has 0 amide bonds. The number of hydrogen-bond acceptors (Lipinski definition) is 4. The van der Waals surface area contributed by atoms with E-state index < -0.39 is 0 Å². The molecule has 6 aromatic carbocycles. The van der Waals surface area contributed by atoms with Crippen LogP contribution in [0.1, 0.15) is 0 Å². The summed E-state index contributed by atoms with van der Waals surface area (Å²) >= 11 is 5.68. The lowest BCUT2D eigenvalue weighted by atomic mass is 10.0. The van der Waals surface area contributed by atoms with Crippen LogP contribution in [0.25, 0.3) is 51.5 Å². The van der Waals surface area contributed by atoms with E-state index in [1.165, 1.54) is 78.3 Å². The number of benzene rings is 6. The molecular weight excluding hydrogens is 543 g/mol. The third kappa shape index (κ3) is 3.27. The van der Waals surface area contributed by atoms with Gasteiger partial charge in [-0.05, 0) is 59.7 Å². The second kappa shape index (κ2) is 8.70. The first-order valence-corrected chi connectivity index (χ1v) is 15.8. The van der Waals surface area contributed by atoms with Crippen LogP contribution in [-0.4, -0.2) is 0 Å².